The molecule has 2 amide bonds. The van der Waals surface area contributed by atoms with Gasteiger partial charge in [-0.25, -0.2) is 0 Å². The van der Waals surface area contributed by atoms with Gasteiger partial charge < -0.3 is 10.2 Å². The Balaban J connectivity index is 2.05. The predicted octanol–water partition coefficient (Wildman–Crippen LogP) is 2.24. The Labute approximate surface area is 132 Å². The molecular weight excluding hydrogens is 278 g/mol. The third kappa shape index (κ3) is 4.55. The average Bonchev–Trinajstić information content (AvgIpc) is 2.54. The van der Waals surface area contributed by atoms with E-state index in [9.17, 15) is 9.59 Å². The summed E-state index contributed by atoms with van der Waals surface area (Å²) in [6.07, 6.45) is 7.11. The maximum atomic E-state index is 12.7. The molecule has 1 aliphatic rings. The van der Waals surface area contributed by atoms with E-state index >= 15 is 0 Å². The van der Waals surface area contributed by atoms with Gasteiger partial charge in [0, 0.05) is 31.0 Å². The largest absolute Gasteiger partial charge is 0.341 e. The summed E-state index contributed by atoms with van der Waals surface area (Å²) in [7, 11) is 0. The van der Waals surface area contributed by atoms with E-state index in [-0.39, 0.29) is 11.8 Å². The predicted molar refractivity (Wildman–Crippen MR) is 85.4 cm³/mol. The molecule has 0 aromatic carbocycles. The van der Waals surface area contributed by atoms with E-state index in [2.05, 4.69) is 24.1 Å². The molecule has 1 aliphatic heterocycles. The Morgan fingerprint density at radius 1 is 1.18 bits per heavy atom. The van der Waals surface area contributed by atoms with E-state index in [1.807, 2.05) is 4.90 Å². The van der Waals surface area contributed by atoms with Crippen molar-refractivity contribution in [1.82, 2.24) is 15.2 Å². The Bertz CT molecular complexity index is 496. The fourth-order valence-electron chi connectivity index (χ4n) is 2.77. The quantitative estimate of drug-likeness (QED) is 0.907. The molecule has 1 saturated heterocycles. The van der Waals surface area contributed by atoms with Gasteiger partial charge in [0.05, 0.1) is 0 Å². The highest BCUT2D eigenvalue weighted by molar-refractivity contribution is 5.97. The van der Waals surface area contributed by atoms with Crippen LogP contribution in [0.3, 0.4) is 0 Å². The van der Waals surface area contributed by atoms with Crippen LogP contribution in [0, 0.1) is 5.92 Å². The van der Waals surface area contributed by atoms with Gasteiger partial charge in [0.25, 0.3) is 5.91 Å². The maximum Gasteiger partial charge on any atom is 0.252 e. The lowest BCUT2D eigenvalue weighted by Gasteiger charge is -2.31. The van der Waals surface area contributed by atoms with Crippen molar-refractivity contribution in [2.75, 3.05) is 13.1 Å². The van der Waals surface area contributed by atoms with Crippen molar-refractivity contribution >= 4 is 11.8 Å². The third-order valence-electron chi connectivity index (χ3n) is 3.92. The van der Waals surface area contributed by atoms with Gasteiger partial charge >= 0.3 is 0 Å². The second-order valence-electron chi connectivity index (χ2n) is 6.28. The molecule has 2 rings (SSSR count). The minimum absolute atomic E-state index is 0.0517. The van der Waals surface area contributed by atoms with Crippen molar-refractivity contribution in [2.45, 2.75) is 45.6 Å². The molecule has 1 aromatic heterocycles. The first-order chi connectivity index (χ1) is 10.6. The number of carbonyl (C=O) groups is 2. The highest BCUT2D eigenvalue weighted by atomic mass is 16.2. The van der Waals surface area contributed by atoms with E-state index in [0.717, 1.165) is 25.9 Å². The van der Waals surface area contributed by atoms with Crippen LogP contribution in [0.2, 0.25) is 0 Å². The highest BCUT2D eigenvalue weighted by Crippen LogP contribution is 2.14. The summed E-state index contributed by atoms with van der Waals surface area (Å²) in [5, 5.41) is 2.90. The molecular formula is C17H25N3O2. The van der Waals surface area contributed by atoms with Crippen LogP contribution in [0.1, 0.15) is 49.9 Å². The standard InChI is InChI=1S/C17H25N3O2/c1-13(2)12-15(17(22)20-10-4-3-5-11-20)19-16(21)14-6-8-18-9-7-14/h6-9,13,15H,3-5,10-12H2,1-2H3,(H,19,21)/t15-/m0/s1. The molecule has 1 aromatic rings. The number of aromatic nitrogens is 1. The van der Waals surface area contributed by atoms with Gasteiger partial charge in [0.2, 0.25) is 5.91 Å². The number of amides is 2. The molecule has 5 heteroatoms. The zero-order chi connectivity index (χ0) is 15.9. The Morgan fingerprint density at radius 2 is 1.82 bits per heavy atom. The molecule has 5 nitrogen and oxygen atoms in total. The minimum atomic E-state index is -0.446. The van der Waals surface area contributed by atoms with Gasteiger partial charge in [-0.1, -0.05) is 13.8 Å². The van der Waals surface area contributed by atoms with Crippen molar-refractivity contribution < 1.29 is 9.59 Å². The zero-order valence-corrected chi connectivity index (χ0v) is 13.4. The van der Waals surface area contributed by atoms with Crippen LogP contribution in [0.25, 0.3) is 0 Å². The molecule has 120 valence electrons. The fourth-order valence-corrected chi connectivity index (χ4v) is 2.77. The van der Waals surface area contributed by atoms with Crippen molar-refractivity contribution in [1.29, 1.82) is 0 Å². The lowest BCUT2D eigenvalue weighted by atomic mass is 10.0. The summed E-state index contributed by atoms with van der Waals surface area (Å²) in [6, 6.07) is 2.87. The number of hydrogen-bond donors (Lipinski definition) is 1. The number of nitrogens with zero attached hydrogens (tertiary/aromatic N) is 2. The maximum absolute atomic E-state index is 12.7. The van der Waals surface area contributed by atoms with E-state index < -0.39 is 6.04 Å². The summed E-state index contributed by atoms with van der Waals surface area (Å²) in [6.45, 7) is 5.74. The number of likely N-dealkylation sites (tertiary alicyclic amines) is 1. The average molecular weight is 303 g/mol. The first kappa shape index (κ1) is 16.5. The summed E-state index contributed by atoms with van der Waals surface area (Å²) >= 11 is 0. The zero-order valence-electron chi connectivity index (χ0n) is 13.4. The number of hydrogen-bond acceptors (Lipinski definition) is 3. The Hall–Kier alpha value is -1.91. The molecule has 0 aliphatic carbocycles. The SMILES string of the molecule is CC(C)C[C@H](NC(=O)c1ccncc1)C(=O)N1CCCCC1. The van der Waals surface area contributed by atoms with Gasteiger partial charge in [-0.05, 0) is 43.7 Å². The van der Waals surface area contributed by atoms with Crippen LogP contribution in [-0.2, 0) is 4.79 Å². The van der Waals surface area contributed by atoms with E-state index in [4.69, 9.17) is 0 Å². The number of carbonyl (C=O) groups excluding carboxylic acids is 2. The lowest BCUT2D eigenvalue weighted by molar-refractivity contribution is -0.134. The second kappa shape index (κ2) is 7.92. The monoisotopic (exact) mass is 303 g/mol. The number of piperidine rings is 1. The van der Waals surface area contributed by atoms with Crippen molar-refractivity contribution in [3.05, 3.63) is 30.1 Å². The van der Waals surface area contributed by atoms with Crippen molar-refractivity contribution in [3.8, 4) is 0 Å². The van der Waals surface area contributed by atoms with Crippen molar-refractivity contribution in [3.63, 3.8) is 0 Å². The van der Waals surface area contributed by atoms with Gasteiger partial charge in [0.1, 0.15) is 6.04 Å². The van der Waals surface area contributed by atoms with Crippen LogP contribution in [-0.4, -0.2) is 40.8 Å². The summed E-state index contributed by atoms with van der Waals surface area (Å²) in [5.74, 6) is 0.186. The molecule has 22 heavy (non-hydrogen) atoms. The third-order valence-corrected chi connectivity index (χ3v) is 3.92. The van der Waals surface area contributed by atoms with Crippen LogP contribution in [0.15, 0.2) is 24.5 Å². The first-order valence-electron chi connectivity index (χ1n) is 8.07. The van der Waals surface area contributed by atoms with Gasteiger partial charge in [0.15, 0.2) is 0 Å². The highest BCUT2D eigenvalue weighted by Gasteiger charge is 2.27. The fraction of sp³-hybridized carbons (Fsp3) is 0.588. The smallest absolute Gasteiger partial charge is 0.252 e. The molecule has 0 unspecified atom stereocenters. The van der Waals surface area contributed by atoms with E-state index in [1.54, 1.807) is 24.5 Å². The normalized spacial score (nSPS) is 16.4. The van der Waals surface area contributed by atoms with E-state index in [0.29, 0.717) is 17.9 Å². The van der Waals surface area contributed by atoms with E-state index in [1.165, 1.54) is 6.42 Å². The molecule has 1 N–H and O–H groups in total. The first-order valence-corrected chi connectivity index (χ1v) is 8.07. The van der Waals surface area contributed by atoms with Crippen LogP contribution >= 0.6 is 0 Å². The molecule has 2 heterocycles. The Kier molecular flexibility index (Phi) is 5.92. The minimum Gasteiger partial charge on any atom is -0.341 e. The molecule has 1 atom stereocenters. The molecule has 0 spiro atoms. The van der Waals surface area contributed by atoms with Gasteiger partial charge in [-0.2, -0.15) is 0 Å². The number of rotatable bonds is 5. The van der Waals surface area contributed by atoms with Gasteiger partial charge in [-0.3, -0.25) is 14.6 Å². The lowest BCUT2D eigenvalue weighted by Crippen LogP contribution is -2.50. The van der Waals surface area contributed by atoms with Gasteiger partial charge in [-0.15, -0.1) is 0 Å². The van der Waals surface area contributed by atoms with Crippen LogP contribution in [0.4, 0.5) is 0 Å². The van der Waals surface area contributed by atoms with Crippen LogP contribution < -0.4 is 5.32 Å². The molecule has 1 fully saturated rings. The number of pyridine rings is 1. The molecule has 0 bridgehead atoms. The number of nitrogens with one attached hydrogen (secondary N) is 1. The van der Waals surface area contributed by atoms with Crippen LogP contribution in [0.5, 0.6) is 0 Å². The summed E-state index contributed by atoms with van der Waals surface area (Å²) in [4.78, 5) is 30.8. The van der Waals surface area contributed by atoms with Crippen molar-refractivity contribution in [2.24, 2.45) is 5.92 Å². The molecule has 0 radical (unpaired) electrons. The summed E-state index contributed by atoms with van der Waals surface area (Å²) in [5.41, 5.74) is 0.537. The topological polar surface area (TPSA) is 62.3 Å². The summed E-state index contributed by atoms with van der Waals surface area (Å²) < 4.78 is 0. The molecule has 0 saturated carbocycles. The Morgan fingerprint density at radius 3 is 2.41 bits per heavy atom. The second-order valence-corrected chi connectivity index (χ2v) is 6.28.